The summed E-state index contributed by atoms with van der Waals surface area (Å²) in [5.74, 6) is 0. The molecule has 0 atom stereocenters. The van der Waals surface area contributed by atoms with Crippen LogP contribution in [0.25, 0.3) is 0 Å². The summed E-state index contributed by atoms with van der Waals surface area (Å²) in [6.07, 6.45) is 0. The summed E-state index contributed by atoms with van der Waals surface area (Å²) in [6, 6.07) is 6.00. The number of nitrogens with zero attached hydrogens (tertiary/aromatic N) is 1. The molecule has 0 radical (unpaired) electrons. The van der Waals surface area contributed by atoms with E-state index in [-0.39, 0.29) is 22.5 Å². The molecule has 66 valence electrons. The van der Waals surface area contributed by atoms with Gasteiger partial charge in [-0.15, -0.1) is 0 Å². The molecule has 0 saturated heterocycles. The number of aryl methyl sites for hydroxylation is 2. The van der Waals surface area contributed by atoms with Crippen molar-refractivity contribution in [2.45, 2.75) is 13.8 Å². The van der Waals surface area contributed by atoms with Crippen LogP contribution in [-0.4, -0.2) is 13.4 Å². The van der Waals surface area contributed by atoms with Crippen molar-refractivity contribution < 1.29 is 14.1 Å². The van der Waals surface area contributed by atoms with E-state index in [4.69, 9.17) is 0 Å². The van der Waals surface area contributed by atoms with Gasteiger partial charge in [0.2, 0.25) is 0 Å². The van der Waals surface area contributed by atoms with E-state index in [1.54, 1.807) is 0 Å². The van der Waals surface area contributed by atoms with E-state index in [2.05, 4.69) is 4.98 Å². The molecule has 0 amide bonds. The van der Waals surface area contributed by atoms with Crippen molar-refractivity contribution in [1.29, 1.82) is 0 Å². The molecule has 0 spiro atoms. The first-order valence-electron chi connectivity index (χ1n) is 2.69. The summed E-state index contributed by atoms with van der Waals surface area (Å²) in [7, 11) is 0. The minimum Gasteiger partial charge on any atom is -1.00 e. The molecule has 1 rings (SSSR count). The third-order valence-electron chi connectivity index (χ3n) is 1.03. The van der Waals surface area contributed by atoms with E-state index in [9.17, 15) is 0 Å². The van der Waals surface area contributed by atoms with Crippen LogP contribution >= 0.6 is 0 Å². The van der Waals surface area contributed by atoms with E-state index in [0.29, 0.717) is 0 Å². The molecule has 1 aromatic heterocycles. The van der Waals surface area contributed by atoms with Crippen LogP contribution in [0.4, 0.5) is 0 Å². The van der Waals surface area contributed by atoms with Gasteiger partial charge in [0.25, 0.3) is 0 Å². The SMILES string of the molecule is Cc1cccc(C)n1.[B+3].[F-].[F-].[F-]. The van der Waals surface area contributed by atoms with Crippen molar-refractivity contribution in [3.05, 3.63) is 29.6 Å². The Morgan fingerprint density at radius 1 is 0.917 bits per heavy atom. The summed E-state index contributed by atoms with van der Waals surface area (Å²) >= 11 is 0. The third kappa shape index (κ3) is 7.12. The largest absolute Gasteiger partial charge is 3.00 e. The monoisotopic (exact) mass is 175 g/mol. The van der Waals surface area contributed by atoms with Crippen LogP contribution in [0, 0.1) is 13.8 Å². The fourth-order valence-corrected chi connectivity index (χ4v) is 0.679. The summed E-state index contributed by atoms with van der Waals surface area (Å²) in [5.41, 5.74) is 2.18. The zero-order chi connectivity index (χ0) is 5.98. The molecule has 0 aromatic carbocycles. The molecule has 12 heavy (non-hydrogen) atoms. The van der Waals surface area contributed by atoms with Gasteiger partial charge in [-0.3, -0.25) is 4.98 Å². The first kappa shape index (κ1) is 22.4. The quantitative estimate of drug-likeness (QED) is 0.357. The van der Waals surface area contributed by atoms with Crippen LogP contribution < -0.4 is 14.1 Å². The van der Waals surface area contributed by atoms with Crippen LogP contribution in [0.1, 0.15) is 11.4 Å². The zero-order valence-corrected chi connectivity index (χ0v) is 6.89. The second-order valence-electron chi connectivity index (χ2n) is 1.92. The topological polar surface area (TPSA) is 12.9 Å². The molecule has 0 saturated carbocycles. The molecule has 0 fully saturated rings. The van der Waals surface area contributed by atoms with E-state index < -0.39 is 0 Å². The van der Waals surface area contributed by atoms with Gasteiger partial charge in [0.1, 0.15) is 0 Å². The van der Waals surface area contributed by atoms with Crippen molar-refractivity contribution in [2.75, 3.05) is 0 Å². The van der Waals surface area contributed by atoms with Gasteiger partial charge >= 0.3 is 8.41 Å². The van der Waals surface area contributed by atoms with Crippen molar-refractivity contribution in [3.8, 4) is 0 Å². The van der Waals surface area contributed by atoms with Gasteiger partial charge in [0.05, 0.1) is 0 Å². The van der Waals surface area contributed by atoms with Crippen LogP contribution in [0.5, 0.6) is 0 Å². The van der Waals surface area contributed by atoms with E-state index >= 15 is 0 Å². The molecule has 0 bridgehead atoms. The van der Waals surface area contributed by atoms with Crippen LogP contribution in [0.15, 0.2) is 18.2 Å². The molecule has 0 unspecified atom stereocenters. The van der Waals surface area contributed by atoms with Crippen LogP contribution in [-0.2, 0) is 0 Å². The number of hydrogen-bond donors (Lipinski definition) is 0. The van der Waals surface area contributed by atoms with Gasteiger partial charge in [-0.25, -0.2) is 0 Å². The third-order valence-corrected chi connectivity index (χ3v) is 1.03. The van der Waals surface area contributed by atoms with Crippen LogP contribution in [0.2, 0.25) is 0 Å². The Labute approximate surface area is 71.9 Å². The Balaban J connectivity index is -0.0000000800. The van der Waals surface area contributed by atoms with Gasteiger partial charge in [-0.05, 0) is 26.0 Å². The second-order valence-corrected chi connectivity index (χ2v) is 1.92. The number of rotatable bonds is 0. The molecule has 0 aliphatic carbocycles. The molecular formula is C7H9BF3N. The van der Waals surface area contributed by atoms with Gasteiger partial charge in [0.15, 0.2) is 0 Å². The number of hydrogen-bond acceptors (Lipinski definition) is 1. The average molecular weight is 175 g/mol. The molecule has 0 aliphatic heterocycles. The maximum atomic E-state index is 4.17. The molecule has 5 heteroatoms. The van der Waals surface area contributed by atoms with Crippen molar-refractivity contribution in [1.82, 2.24) is 4.98 Å². The maximum absolute atomic E-state index is 4.17. The first-order valence-corrected chi connectivity index (χ1v) is 2.69. The number of pyridine rings is 1. The molecule has 1 nitrogen and oxygen atoms in total. The molecular weight excluding hydrogens is 166 g/mol. The predicted octanol–water partition coefficient (Wildman–Crippen LogP) is -7.67. The zero-order valence-electron chi connectivity index (χ0n) is 6.89. The van der Waals surface area contributed by atoms with E-state index in [0.717, 1.165) is 11.4 Å². The molecule has 0 N–H and O–H groups in total. The standard InChI is InChI=1S/C7H9N.B.3FH/c1-6-4-3-5-7(2)8-6;;;;/h3-5H,1-2H3;;3*1H/q;+3;;;/p-3. The second kappa shape index (κ2) is 10.0. The summed E-state index contributed by atoms with van der Waals surface area (Å²) in [5, 5.41) is 0. The normalized spacial score (nSPS) is 6.17. The fourth-order valence-electron chi connectivity index (χ4n) is 0.679. The fraction of sp³-hybridized carbons (Fsp3) is 0.286. The van der Waals surface area contributed by atoms with Crippen molar-refractivity contribution >= 4 is 8.41 Å². The Morgan fingerprint density at radius 3 is 1.42 bits per heavy atom. The van der Waals surface area contributed by atoms with Gasteiger partial charge in [-0.2, -0.15) is 0 Å². The Hall–Kier alpha value is -0.995. The van der Waals surface area contributed by atoms with Gasteiger partial charge in [0, 0.05) is 11.4 Å². The minimum atomic E-state index is 0. The Morgan fingerprint density at radius 2 is 1.25 bits per heavy atom. The van der Waals surface area contributed by atoms with Gasteiger partial charge < -0.3 is 14.1 Å². The Bertz CT molecular complexity index is 179. The van der Waals surface area contributed by atoms with Gasteiger partial charge in [-0.1, -0.05) is 6.07 Å². The molecule has 1 heterocycles. The van der Waals surface area contributed by atoms with E-state index in [1.165, 1.54) is 0 Å². The number of halogens is 3. The van der Waals surface area contributed by atoms with Crippen molar-refractivity contribution in [3.63, 3.8) is 0 Å². The molecule has 0 aliphatic rings. The minimum absolute atomic E-state index is 0. The van der Waals surface area contributed by atoms with Crippen LogP contribution in [0.3, 0.4) is 0 Å². The number of aromatic nitrogens is 1. The summed E-state index contributed by atoms with van der Waals surface area (Å²) in [6.45, 7) is 3.99. The maximum Gasteiger partial charge on any atom is 3.00 e. The summed E-state index contributed by atoms with van der Waals surface area (Å²) < 4.78 is 0. The van der Waals surface area contributed by atoms with Crippen molar-refractivity contribution in [2.24, 2.45) is 0 Å². The first-order chi connectivity index (χ1) is 3.79. The summed E-state index contributed by atoms with van der Waals surface area (Å²) in [4.78, 5) is 4.17. The smallest absolute Gasteiger partial charge is 1.00 e. The van der Waals surface area contributed by atoms with E-state index in [1.807, 2.05) is 32.0 Å². The average Bonchev–Trinajstić information content (AvgIpc) is 1.64. The predicted molar refractivity (Wildman–Crippen MR) is 39.5 cm³/mol. The molecule has 1 aromatic rings. The Kier molecular flexibility index (Phi) is 18.7.